The van der Waals surface area contributed by atoms with Crippen molar-refractivity contribution in [1.82, 2.24) is 4.57 Å². The van der Waals surface area contributed by atoms with E-state index in [9.17, 15) is 14.4 Å². The lowest BCUT2D eigenvalue weighted by Crippen LogP contribution is -2.39. The average molecular weight is 463 g/mol. The van der Waals surface area contributed by atoms with Crippen molar-refractivity contribution in [3.63, 3.8) is 0 Å². The van der Waals surface area contributed by atoms with Crippen LogP contribution in [-0.4, -0.2) is 23.6 Å². The van der Waals surface area contributed by atoms with Gasteiger partial charge in [-0.15, -0.1) is 0 Å². The molecule has 0 saturated heterocycles. The topological polar surface area (TPSA) is 87.0 Å². The van der Waals surface area contributed by atoms with Gasteiger partial charge in [0.1, 0.15) is 5.75 Å². The number of aryl methyl sites for hydroxylation is 1. The zero-order chi connectivity index (χ0) is 23.7. The minimum Gasteiger partial charge on any atom is -0.466 e. The Bertz CT molecular complexity index is 1440. The molecule has 1 aliphatic heterocycles. The predicted molar refractivity (Wildman–Crippen MR) is 125 cm³/mol. The van der Waals surface area contributed by atoms with E-state index in [1.54, 1.807) is 31.2 Å². The summed E-state index contributed by atoms with van der Waals surface area (Å²) in [7, 11) is 1.30. The van der Waals surface area contributed by atoms with Crippen LogP contribution in [0.2, 0.25) is 0 Å². The Kier molecular flexibility index (Phi) is 6.11. The Hall–Kier alpha value is -3.78. The van der Waals surface area contributed by atoms with Crippen molar-refractivity contribution >= 4 is 29.4 Å². The van der Waals surface area contributed by atoms with Crippen LogP contribution < -0.4 is 19.6 Å². The molecule has 0 saturated carbocycles. The summed E-state index contributed by atoms with van der Waals surface area (Å²) in [6.07, 6.45) is 1.82. The number of hydrogen-bond acceptors (Lipinski definition) is 7. The van der Waals surface area contributed by atoms with Crippen LogP contribution in [-0.2, 0) is 14.3 Å². The van der Waals surface area contributed by atoms with E-state index in [0.29, 0.717) is 26.3 Å². The number of thiazole rings is 1. The van der Waals surface area contributed by atoms with Gasteiger partial charge in [-0.3, -0.25) is 14.2 Å². The zero-order valence-electron chi connectivity index (χ0n) is 18.6. The minimum absolute atomic E-state index is 0.248. The Morgan fingerprint density at radius 1 is 1.06 bits per heavy atom. The van der Waals surface area contributed by atoms with Crippen molar-refractivity contribution in [2.45, 2.75) is 26.8 Å². The molecule has 2 aromatic carbocycles. The quantitative estimate of drug-likeness (QED) is 0.440. The number of hydrogen-bond donors (Lipinski definition) is 0. The Morgan fingerprint density at radius 3 is 2.33 bits per heavy atom. The maximum atomic E-state index is 13.5. The second kappa shape index (κ2) is 8.99. The highest BCUT2D eigenvalue weighted by molar-refractivity contribution is 7.07. The van der Waals surface area contributed by atoms with Crippen molar-refractivity contribution in [3.05, 3.63) is 96.2 Å². The van der Waals surface area contributed by atoms with Gasteiger partial charge in [0, 0.05) is 6.92 Å². The fourth-order valence-corrected chi connectivity index (χ4v) is 4.75. The normalized spacial score (nSPS) is 15.6. The first-order chi connectivity index (χ1) is 15.8. The molecule has 1 aromatic heterocycles. The average Bonchev–Trinajstić information content (AvgIpc) is 3.08. The van der Waals surface area contributed by atoms with E-state index in [1.165, 1.54) is 29.9 Å². The van der Waals surface area contributed by atoms with Crippen LogP contribution in [0.3, 0.4) is 0 Å². The molecule has 33 heavy (non-hydrogen) atoms. The molecule has 0 amide bonds. The highest BCUT2D eigenvalue weighted by Gasteiger charge is 2.33. The first kappa shape index (κ1) is 22.4. The number of carbonyl (C=O) groups is 2. The monoisotopic (exact) mass is 462 g/mol. The molecule has 8 heteroatoms. The van der Waals surface area contributed by atoms with E-state index in [0.717, 1.165) is 11.1 Å². The predicted octanol–water partition coefficient (Wildman–Crippen LogP) is 2.64. The van der Waals surface area contributed by atoms with Crippen molar-refractivity contribution in [1.29, 1.82) is 0 Å². The molecule has 168 valence electrons. The summed E-state index contributed by atoms with van der Waals surface area (Å²) in [4.78, 5) is 42.5. The molecule has 1 aliphatic rings. The van der Waals surface area contributed by atoms with Gasteiger partial charge in [0.2, 0.25) is 0 Å². The molecular weight excluding hydrogens is 440 g/mol. The summed E-state index contributed by atoms with van der Waals surface area (Å²) in [6.45, 7) is 5.05. The highest BCUT2D eigenvalue weighted by Crippen LogP contribution is 2.31. The fraction of sp³-hybridized carbons (Fsp3) is 0.200. The molecule has 0 N–H and O–H groups in total. The summed E-state index contributed by atoms with van der Waals surface area (Å²) in [6, 6.07) is 13.8. The van der Waals surface area contributed by atoms with E-state index in [2.05, 4.69) is 4.99 Å². The summed E-state index contributed by atoms with van der Waals surface area (Å²) in [5, 5.41) is 0. The number of fused-ring (bicyclic) bond motifs is 1. The lowest BCUT2D eigenvalue weighted by atomic mass is 9.96. The van der Waals surface area contributed by atoms with E-state index in [-0.39, 0.29) is 11.1 Å². The molecular formula is C25H22N2O5S. The zero-order valence-corrected chi connectivity index (χ0v) is 19.4. The van der Waals surface area contributed by atoms with Gasteiger partial charge >= 0.3 is 11.9 Å². The van der Waals surface area contributed by atoms with Crippen molar-refractivity contribution < 1.29 is 19.1 Å². The highest BCUT2D eigenvalue weighted by atomic mass is 32.1. The van der Waals surface area contributed by atoms with Crippen molar-refractivity contribution in [2.75, 3.05) is 7.11 Å². The van der Waals surface area contributed by atoms with Crippen LogP contribution in [0.5, 0.6) is 5.75 Å². The van der Waals surface area contributed by atoms with Crippen LogP contribution in [0.1, 0.15) is 36.6 Å². The third kappa shape index (κ3) is 4.42. The van der Waals surface area contributed by atoms with E-state index >= 15 is 0 Å². The SMILES string of the molecule is COC(=O)C1=C(C)N=c2s/c(=C\c3ccc(C)cc3)c(=O)n2[C@H]1c1ccc(OC(C)=O)cc1. The summed E-state index contributed by atoms with van der Waals surface area (Å²) >= 11 is 1.27. The molecule has 0 spiro atoms. The van der Waals surface area contributed by atoms with Gasteiger partial charge in [0.25, 0.3) is 5.56 Å². The van der Waals surface area contributed by atoms with Gasteiger partial charge in [-0.2, -0.15) is 0 Å². The smallest absolute Gasteiger partial charge is 0.338 e. The summed E-state index contributed by atoms with van der Waals surface area (Å²) in [5.74, 6) is -0.616. The molecule has 2 heterocycles. The van der Waals surface area contributed by atoms with Crippen LogP contribution in [0.25, 0.3) is 6.08 Å². The second-order valence-electron chi connectivity index (χ2n) is 7.65. The van der Waals surface area contributed by atoms with E-state index in [4.69, 9.17) is 9.47 Å². The molecule has 0 aliphatic carbocycles. The number of ether oxygens (including phenoxy) is 2. The molecule has 7 nitrogen and oxygen atoms in total. The van der Waals surface area contributed by atoms with Gasteiger partial charge < -0.3 is 9.47 Å². The van der Waals surface area contributed by atoms with Crippen molar-refractivity contribution in [3.8, 4) is 5.75 Å². The van der Waals surface area contributed by atoms with Crippen LogP contribution in [0, 0.1) is 6.92 Å². The number of esters is 2. The number of carbonyl (C=O) groups excluding carboxylic acids is 2. The van der Waals surface area contributed by atoms with Crippen LogP contribution in [0.4, 0.5) is 0 Å². The van der Waals surface area contributed by atoms with Crippen LogP contribution in [0.15, 0.2) is 69.6 Å². The largest absolute Gasteiger partial charge is 0.466 e. The van der Waals surface area contributed by atoms with Crippen molar-refractivity contribution in [2.24, 2.45) is 4.99 Å². The molecule has 0 radical (unpaired) electrons. The Balaban J connectivity index is 1.90. The molecule has 0 bridgehead atoms. The van der Waals surface area contributed by atoms with Gasteiger partial charge in [-0.1, -0.05) is 53.3 Å². The van der Waals surface area contributed by atoms with Gasteiger partial charge in [0.05, 0.1) is 29.0 Å². The summed E-state index contributed by atoms with van der Waals surface area (Å²) < 4.78 is 12.2. The fourth-order valence-electron chi connectivity index (χ4n) is 3.71. The molecule has 3 aromatic rings. The van der Waals surface area contributed by atoms with Crippen LogP contribution >= 0.6 is 11.3 Å². The second-order valence-corrected chi connectivity index (χ2v) is 8.66. The van der Waals surface area contributed by atoms with Gasteiger partial charge in [0.15, 0.2) is 4.80 Å². The first-order valence-electron chi connectivity index (χ1n) is 10.2. The molecule has 4 rings (SSSR count). The Morgan fingerprint density at radius 2 is 1.73 bits per heavy atom. The molecule has 1 atom stereocenters. The number of aromatic nitrogens is 1. The minimum atomic E-state index is -0.722. The third-order valence-corrected chi connectivity index (χ3v) is 6.24. The third-order valence-electron chi connectivity index (χ3n) is 5.26. The van der Waals surface area contributed by atoms with E-state index in [1.807, 2.05) is 37.3 Å². The number of nitrogens with zero attached hydrogens (tertiary/aromatic N) is 2. The first-order valence-corrected chi connectivity index (χ1v) is 11.1. The Labute approximate surface area is 193 Å². The van der Waals surface area contributed by atoms with Gasteiger partial charge in [-0.05, 0) is 43.2 Å². The maximum absolute atomic E-state index is 13.5. The van der Waals surface area contributed by atoms with E-state index < -0.39 is 18.0 Å². The molecule has 0 fully saturated rings. The summed E-state index contributed by atoms with van der Waals surface area (Å²) in [5.41, 5.74) is 3.22. The number of benzene rings is 2. The standard InChI is InChI=1S/C25H22N2O5S/c1-14-5-7-17(8-6-14)13-20-23(29)27-22(18-9-11-19(12-10-18)32-16(3)28)21(24(30)31-4)15(2)26-25(27)33-20/h5-13,22H,1-4H3/b20-13-/t22-/m0/s1. The maximum Gasteiger partial charge on any atom is 0.338 e. The molecule has 0 unspecified atom stereocenters. The number of allylic oxidation sites excluding steroid dienone is 1. The van der Waals surface area contributed by atoms with Gasteiger partial charge in [-0.25, -0.2) is 9.79 Å². The lowest BCUT2D eigenvalue weighted by molar-refractivity contribution is -0.136. The number of methoxy groups -OCH3 is 1. The lowest BCUT2D eigenvalue weighted by Gasteiger charge is -2.24. The number of rotatable bonds is 4.